The van der Waals surface area contributed by atoms with Crippen molar-refractivity contribution in [3.8, 4) is 12.3 Å². The molecule has 0 fully saturated rings. The lowest BCUT2D eigenvalue weighted by molar-refractivity contribution is 0.787. The lowest BCUT2D eigenvalue weighted by atomic mass is 10.2. The number of aromatic nitrogens is 1. The highest BCUT2D eigenvalue weighted by Crippen LogP contribution is 2.09. The third-order valence-corrected chi connectivity index (χ3v) is 1.98. The molecule has 0 aliphatic carbocycles. The van der Waals surface area contributed by atoms with Gasteiger partial charge in [0.05, 0.1) is 0 Å². The van der Waals surface area contributed by atoms with Crippen LogP contribution < -0.4 is 5.32 Å². The molecular formula is C11H13ClN2. The molecule has 1 heterocycles. The van der Waals surface area contributed by atoms with Gasteiger partial charge in [-0.3, -0.25) is 0 Å². The van der Waals surface area contributed by atoms with Gasteiger partial charge < -0.3 is 5.32 Å². The average molecular weight is 209 g/mol. The Morgan fingerprint density at radius 1 is 1.43 bits per heavy atom. The standard InChI is InChI=1S/C11H13ClN2/c1-2-3-4-5-9-13-11-8-6-7-10(12)14-11/h1,6-8H,3-5,9H2,(H,13,14). The van der Waals surface area contributed by atoms with Crippen molar-refractivity contribution in [1.29, 1.82) is 0 Å². The van der Waals surface area contributed by atoms with Crippen LogP contribution in [-0.2, 0) is 0 Å². The summed E-state index contributed by atoms with van der Waals surface area (Å²) in [4.78, 5) is 4.10. The fraction of sp³-hybridized carbons (Fsp3) is 0.364. The fourth-order valence-electron chi connectivity index (χ4n) is 1.08. The summed E-state index contributed by atoms with van der Waals surface area (Å²) < 4.78 is 0. The first-order valence-electron chi connectivity index (χ1n) is 4.63. The van der Waals surface area contributed by atoms with Crippen LogP contribution in [0.4, 0.5) is 5.82 Å². The van der Waals surface area contributed by atoms with Gasteiger partial charge in [0.1, 0.15) is 11.0 Å². The molecule has 0 bridgehead atoms. The molecule has 0 spiro atoms. The van der Waals surface area contributed by atoms with Crippen molar-refractivity contribution < 1.29 is 0 Å². The van der Waals surface area contributed by atoms with Gasteiger partial charge in [-0.1, -0.05) is 17.7 Å². The van der Waals surface area contributed by atoms with E-state index in [2.05, 4.69) is 16.2 Å². The molecule has 1 aromatic heterocycles. The number of hydrogen-bond donors (Lipinski definition) is 1. The minimum absolute atomic E-state index is 0.513. The molecule has 0 radical (unpaired) electrons. The minimum atomic E-state index is 0.513. The van der Waals surface area contributed by atoms with Crippen LogP contribution in [0.5, 0.6) is 0 Å². The van der Waals surface area contributed by atoms with Crippen LogP contribution in [0.15, 0.2) is 18.2 Å². The summed E-state index contributed by atoms with van der Waals surface area (Å²) in [6.07, 6.45) is 8.08. The number of nitrogens with zero attached hydrogens (tertiary/aromatic N) is 1. The first kappa shape index (κ1) is 10.9. The highest BCUT2D eigenvalue weighted by Gasteiger charge is 1.93. The van der Waals surface area contributed by atoms with Crippen molar-refractivity contribution >= 4 is 17.4 Å². The number of unbranched alkanes of at least 4 members (excludes halogenated alkanes) is 2. The van der Waals surface area contributed by atoms with Gasteiger partial charge >= 0.3 is 0 Å². The summed E-state index contributed by atoms with van der Waals surface area (Å²) in [6, 6.07) is 5.53. The highest BCUT2D eigenvalue weighted by atomic mass is 35.5. The third-order valence-electron chi connectivity index (χ3n) is 1.77. The molecule has 0 saturated heterocycles. The normalized spacial score (nSPS) is 9.43. The van der Waals surface area contributed by atoms with E-state index in [0.717, 1.165) is 31.6 Å². The monoisotopic (exact) mass is 208 g/mol. The largest absolute Gasteiger partial charge is 0.370 e. The fourth-order valence-corrected chi connectivity index (χ4v) is 1.24. The third kappa shape index (κ3) is 4.15. The molecule has 14 heavy (non-hydrogen) atoms. The van der Waals surface area contributed by atoms with Gasteiger partial charge in [-0.05, 0) is 25.0 Å². The second kappa shape index (κ2) is 6.28. The van der Waals surface area contributed by atoms with Crippen LogP contribution in [0.2, 0.25) is 5.15 Å². The Morgan fingerprint density at radius 2 is 2.29 bits per heavy atom. The van der Waals surface area contributed by atoms with Crippen LogP contribution >= 0.6 is 11.6 Å². The van der Waals surface area contributed by atoms with Crippen LogP contribution in [0.3, 0.4) is 0 Å². The number of hydrogen-bond acceptors (Lipinski definition) is 2. The van der Waals surface area contributed by atoms with Gasteiger partial charge in [0, 0.05) is 13.0 Å². The van der Waals surface area contributed by atoms with E-state index in [-0.39, 0.29) is 0 Å². The van der Waals surface area contributed by atoms with Crippen molar-refractivity contribution in [2.24, 2.45) is 0 Å². The van der Waals surface area contributed by atoms with E-state index >= 15 is 0 Å². The zero-order valence-corrected chi connectivity index (χ0v) is 8.72. The molecule has 0 atom stereocenters. The molecular weight excluding hydrogens is 196 g/mol. The Bertz CT molecular complexity index is 317. The smallest absolute Gasteiger partial charge is 0.131 e. The minimum Gasteiger partial charge on any atom is -0.370 e. The lowest BCUT2D eigenvalue weighted by Gasteiger charge is -2.04. The number of halogens is 1. The van der Waals surface area contributed by atoms with E-state index in [9.17, 15) is 0 Å². The van der Waals surface area contributed by atoms with Crippen LogP contribution in [0, 0.1) is 12.3 Å². The van der Waals surface area contributed by atoms with Gasteiger partial charge in [-0.25, -0.2) is 4.98 Å². The van der Waals surface area contributed by atoms with Crippen molar-refractivity contribution in [2.45, 2.75) is 19.3 Å². The summed E-state index contributed by atoms with van der Waals surface area (Å²) in [6.45, 7) is 0.884. The zero-order chi connectivity index (χ0) is 10.2. The van der Waals surface area contributed by atoms with E-state index < -0.39 is 0 Å². The molecule has 0 aliphatic heterocycles. The zero-order valence-electron chi connectivity index (χ0n) is 7.96. The predicted octanol–water partition coefficient (Wildman–Crippen LogP) is 2.95. The van der Waals surface area contributed by atoms with E-state index in [1.807, 2.05) is 12.1 Å². The Kier molecular flexibility index (Phi) is 4.88. The Morgan fingerprint density at radius 3 is 3.00 bits per heavy atom. The van der Waals surface area contributed by atoms with Crippen molar-refractivity contribution in [2.75, 3.05) is 11.9 Å². The molecule has 0 unspecified atom stereocenters. The van der Waals surface area contributed by atoms with Crippen LogP contribution in [0.1, 0.15) is 19.3 Å². The van der Waals surface area contributed by atoms with Gasteiger partial charge in [-0.2, -0.15) is 0 Å². The summed E-state index contributed by atoms with van der Waals surface area (Å²) in [5.41, 5.74) is 0. The predicted molar refractivity (Wildman–Crippen MR) is 60.4 cm³/mol. The summed E-state index contributed by atoms with van der Waals surface area (Å²) >= 11 is 5.73. The molecule has 74 valence electrons. The molecule has 0 aromatic carbocycles. The van der Waals surface area contributed by atoms with E-state index in [4.69, 9.17) is 18.0 Å². The van der Waals surface area contributed by atoms with Crippen molar-refractivity contribution in [3.05, 3.63) is 23.4 Å². The maximum atomic E-state index is 5.73. The average Bonchev–Trinajstić information content (AvgIpc) is 2.18. The number of anilines is 1. The quantitative estimate of drug-likeness (QED) is 0.457. The molecule has 2 nitrogen and oxygen atoms in total. The molecule has 0 amide bonds. The van der Waals surface area contributed by atoms with Gasteiger partial charge in [-0.15, -0.1) is 12.3 Å². The summed E-state index contributed by atoms with van der Waals surface area (Å²) in [5, 5.41) is 3.69. The van der Waals surface area contributed by atoms with Crippen LogP contribution in [-0.4, -0.2) is 11.5 Å². The molecule has 3 heteroatoms. The first-order valence-corrected chi connectivity index (χ1v) is 5.00. The molecule has 0 aliphatic rings. The Labute approximate surface area is 89.7 Å². The maximum absolute atomic E-state index is 5.73. The molecule has 0 saturated carbocycles. The van der Waals surface area contributed by atoms with Gasteiger partial charge in [0.2, 0.25) is 0 Å². The summed E-state index contributed by atoms with van der Waals surface area (Å²) in [7, 11) is 0. The Balaban J connectivity index is 2.22. The van der Waals surface area contributed by atoms with E-state index in [1.54, 1.807) is 6.07 Å². The lowest BCUT2D eigenvalue weighted by Crippen LogP contribution is -2.02. The van der Waals surface area contributed by atoms with Crippen molar-refractivity contribution in [3.63, 3.8) is 0 Å². The highest BCUT2D eigenvalue weighted by molar-refractivity contribution is 6.29. The van der Waals surface area contributed by atoms with E-state index in [0.29, 0.717) is 5.15 Å². The molecule has 1 rings (SSSR count). The second-order valence-electron chi connectivity index (χ2n) is 2.93. The number of rotatable bonds is 5. The number of terminal acetylenes is 1. The topological polar surface area (TPSA) is 24.9 Å². The second-order valence-corrected chi connectivity index (χ2v) is 3.32. The van der Waals surface area contributed by atoms with Gasteiger partial charge in [0.15, 0.2) is 0 Å². The SMILES string of the molecule is C#CCCCCNc1cccc(Cl)n1. The maximum Gasteiger partial charge on any atom is 0.131 e. The summed E-state index contributed by atoms with van der Waals surface area (Å²) in [5.74, 6) is 3.43. The number of pyridine rings is 1. The number of nitrogens with one attached hydrogen (secondary N) is 1. The first-order chi connectivity index (χ1) is 6.83. The molecule has 1 aromatic rings. The van der Waals surface area contributed by atoms with Gasteiger partial charge in [0.25, 0.3) is 0 Å². The Hall–Kier alpha value is -1.20. The molecule has 1 N–H and O–H groups in total. The van der Waals surface area contributed by atoms with Crippen LogP contribution in [0.25, 0.3) is 0 Å². The van der Waals surface area contributed by atoms with E-state index in [1.165, 1.54) is 0 Å². The van der Waals surface area contributed by atoms with Crippen molar-refractivity contribution in [1.82, 2.24) is 4.98 Å².